The molecule has 3 amide bonds. The summed E-state index contributed by atoms with van der Waals surface area (Å²) in [5.41, 5.74) is -0.165. The van der Waals surface area contributed by atoms with E-state index in [-0.39, 0.29) is 52.2 Å². The molecule has 0 spiro atoms. The number of ether oxygens (including phenoxy) is 2. The van der Waals surface area contributed by atoms with Gasteiger partial charge < -0.3 is 19.7 Å². The Morgan fingerprint density at radius 2 is 1.65 bits per heavy atom. The van der Waals surface area contributed by atoms with Gasteiger partial charge in [-0.25, -0.2) is 32.3 Å². The lowest BCUT2D eigenvalue weighted by Crippen LogP contribution is -2.46. The molecule has 1 unspecified atom stereocenters. The van der Waals surface area contributed by atoms with Crippen molar-refractivity contribution in [1.82, 2.24) is 19.1 Å². The van der Waals surface area contributed by atoms with Crippen LogP contribution in [-0.2, 0) is 26.4 Å². The molecule has 2 aromatic heterocycles. The zero-order valence-corrected chi connectivity index (χ0v) is 29.7. The third kappa shape index (κ3) is 9.10. The molecule has 1 saturated heterocycles. The molecular weight excluding hydrogens is 660 g/mol. The fourth-order valence-electron chi connectivity index (χ4n) is 5.16. The first-order chi connectivity index (χ1) is 22.6. The Morgan fingerprint density at radius 1 is 1.02 bits per heavy atom. The molecule has 1 aliphatic rings. The summed E-state index contributed by atoms with van der Waals surface area (Å²) < 4.78 is 63.7. The van der Waals surface area contributed by atoms with Crippen molar-refractivity contribution in [3.8, 4) is 11.1 Å². The molecule has 4 rings (SSSR count). The van der Waals surface area contributed by atoms with Crippen molar-refractivity contribution in [3.63, 3.8) is 0 Å². The van der Waals surface area contributed by atoms with Gasteiger partial charge in [-0.2, -0.15) is 5.10 Å². The van der Waals surface area contributed by atoms with Crippen LogP contribution in [0.5, 0.6) is 0 Å². The van der Waals surface area contributed by atoms with E-state index in [1.807, 2.05) is 0 Å². The highest BCUT2D eigenvalue weighted by Crippen LogP contribution is 2.35. The monoisotopic (exact) mass is 703 g/mol. The number of rotatable bonds is 6. The van der Waals surface area contributed by atoms with Crippen LogP contribution in [0.3, 0.4) is 0 Å². The van der Waals surface area contributed by atoms with Gasteiger partial charge in [0.2, 0.25) is 5.92 Å². The first-order valence-electron chi connectivity index (χ1n) is 15.7. The molecule has 49 heavy (non-hydrogen) atoms. The fraction of sp³-hybridized carbons (Fsp3) is 0.485. The Kier molecular flexibility index (Phi) is 10.4. The van der Waals surface area contributed by atoms with Crippen molar-refractivity contribution < 1.29 is 36.8 Å². The van der Waals surface area contributed by atoms with Gasteiger partial charge >= 0.3 is 12.2 Å². The van der Waals surface area contributed by atoms with Crippen LogP contribution in [0.25, 0.3) is 11.1 Å². The summed E-state index contributed by atoms with van der Waals surface area (Å²) in [6.07, 6.45) is 1.78. The number of halogens is 2. The van der Waals surface area contributed by atoms with Gasteiger partial charge in [-0.1, -0.05) is 6.07 Å². The second-order valence-electron chi connectivity index (χ2n) is 13.9. The SMILES string of the molecule is Cc1c(-c2cnn(C)c2)cnc(N2CCCC(F)(F)CC2)c1C(=O)Nc1cccc(S(=N)(=O)N(C(=O)OC(C)(C)C)C(=O)OC(C)(C)C)c1. The van der Waals surface area contributed by atoms with Crippen LogP contribution >= 0.6 is 0 Å². The summed E-state index contributed by atoms with van der Waals surface area (Å²) >= 11 is 0. The van der Waals surface area contributed by atoms with Gasteiger partial charge in [0, 0.05) is 62.2 Å². The number of alkyl halides is 2. The number of benzene rings is 1. The molecule has 3 heterocycles. The molecule has 1 aliphatic heterocycles. The van der Waals surface area contributed by atoms with E-state index < -0.39 is 51.6 Å². The Labute approximate surface area is 285 Å². The van der Waals surface area contributed by atoms with Crippen molar-refractivity contribution in [2.24, 2.45) is 7.05 Å². The zero-order valence-electron chi connectivity index (χ0n) is 28.9. The highest BCUT2D eigenvalue weighted by molar-refractivity contribution is 7.91. The molecule has 0 aliphatic carbocycles. The Balaban J connectivity index is 1.75. The number of imide groups is 1. The molecule has 0 bridgehead atoms. The summed E-state index contributed by atoms with van der Waals surface area (Å²) in [5.74, 6) is -3.26. The number of hydrogen-bond acceptors (Lipinski definition) is 10. The van der Waals surface area contributed by atoms with E-state index in [0.29, 0.717) is 16.7 Å². The summed E-state index contributed by atoms with van der Waals surface area (Å²) in [6, 6.07) is 5.35. The predicted molar refractivity (Wildman–Crippen MR) is 180 cm³/mol. The number of carbonyl (C=O) groups excluding carboxylic acids is 3. The van der Waals surface area contributed by atoms with Crippen LogP contribution in [0, 0.1) is 11.7 Å². The lowest BCUT2D eigenvalue weighted by atomic mass is 9.99. The lowest BCUT2D eigenvalue weighted by Gasteiger charge is -2.29. The molecule has 266 valence electrons. The van der Waals surface area contributed by atoms with Crippen LogP contribution in [-0.4, -0.2) is 71.6 Å². The quantitative estimate of drug-likeness (QED) is 0.272. The maximum Gasteiger partial charge on any atom is 0.433 e. The maximum absolute atomic E-state index is 14.3. The molecule has 1 aromatic carbocycles. The highest BCUT2D eigenvalue weighted by Gasteiger charge is 2.39. The van der Waals surface area contributed by atoms with E-state index >= 15 is 0 Å². The van der Waals surface area contributed by atoms with Crippen LogP contribution in [0.1, 0.15) is 76.7 Å². The van der Waals surface area contributed by atoms with Gasteiger partial charge in [-0.3, -0.25) is 9.48 Å². The maximum atomic E-state index is 14.3. The van der Waals surface area contributed by atoms with Crippen molar-refractivity contribution in [2.75, 3.05) is 23.3 Å². The predicted octanol–water partition coefficient (Wildman–Crippen LogP) is 7.16. The van der Waals surface area contributed by atoms with Crippen molar-refractivity contribution in [2.45, 2.75) is 89.7 Å². The van der Waals surface area contributed by atoms with E-state index in [2.05, 4.69) is 15.4 Å². The van der Waals surface area contributed by atoms with E-state index in [0.717, 1.165) is 0 Å². The van der Waals surface area contributed by atoms with Crippen LogP contribution in [0.15, 0.2) is 47.8 Å². The summed E-state index contributed by atoms with van der Waals surface area (Å²) in [4.78, 5) is 46.4. The highest BCUT2D eigenvalue weighted by atomic mass is 32.2. The van der Waals surface area contributed by atoms with Crippen molar-refractivity contribution in [3.05, 3.63) is 54.0 Å². The number of aromatic nitrogens is 3. The summed E-state index contributed by atoms with van der Waals surface area (Å²) in [5, 5.41) is 6.95. The standard InChI is InChI=1S/C33H43F2N7O6S/c1-21-25(22-18-38-40(8)20-22)19-37-27(41-15-10-13-33(34,35)14-16-41)26(21)28(43)39-23-11-9-12-24(17-23)49(36,46)42(29(44)47-31(2,3)4)30(45)48-32(5,6)7/h9,11-12,17-20,36H,10,13-16H2,1-8H3,(H,39,43). The number of carbonyl (C=O) groups is 3. The molecule has 0 saturated carbocycles. The molecule has 2 N–H and O–H groups in total. The normalized spacial score (nSPS) is 16.2. The van der Waals surface area contributed by atoms with Crippen LogP contribution in [0.4, 0.5) is 29.9 Å². The Hall–Kier alpha value is -4.60. The number of anilines is 2. The second-order valence-corrected chi connectivity index (χ2v) is 15.7. The molecule has 1 fully saturated rings. The summed E-state index contributed by atoms with van der Waals surface area (Å²) in [7, 11) is -2.68. The van der Waals surface area contributed by atoms with Gasteiger partial charge in [-0.15, -0.1) is 4.31 Å². The number of nitrogens with zero attached hydrogens (tertiary/aromatic N) is 5. The summed E-state index contributed by atoms with van der Waals surface area (Å²) in [6.45, 7) is 11.2. The minimum atomic E-state index is -4.42. The molecule has 13 nitrogen and oxygen atoms in total. The number of nitrogens with one attached hydrogen (secondary N) is 2. The van der Waals surface area contributed by atoms with Crippen molar-refractivity contribution >= 4 is 39.5 Å². The minimum absolute atomic E-state index is 0.0203. The Bertz CT molecular complexity index is 1820. The van der Waals surface area contributed by atoms with E-state index in [1.165, 1.54) is 24.3 Å². The number of aryl methyl sites for hydroxylation is 1. The van der Waals surface area contributed by atoms with E-state index in [9.17, 15) is 27.4 Å². The van der Waals surface area contributed by atoms with Crippen LogP contribution in [0.2, 0.25) is 0 Å². The molecular formula is C33H43F2N7O6S. The number of pyridine rings is 1. The van der Waals surface area contributed by atoms with Crippen molar-refractivity contribution in [1.29, 1.82) is 4.78 Å². The minimum Gasteiger partial charge on any atom is -0.443 e. The molecule has 0 radical (unpaired) electrons. The largest absolute Gasteiger partial charge is 0.443 e. The average Bonchev–Trinajstić information content (AvgIpc) is 3.29. The van der Waals surface area contributed by atoms with Gasteiger partial charge in [0.25, 0.3) is 5.91 Å². The lowest BCUT2D eigenvalue weighted by molar-refractivity contribution is -0.0103. The fourth-order valence-corrected chi connectivity index (χ4v) is 6.42. The molecule has 1 atom stereocenters. The number of amides is 3. The molecule has 3 aromatic rings. The Morgan fingerprint density at radius 3 is 2.22 bits per heavy atom. The first kappa shape index (κ1) is 37.2. The second kappa shape index (κ2) is 13.7. The van der Waals surface area contributed by atoms with Gasteiger partial charge in [0.05, 0.1) is 16.7 Å². The number of hydrogen-bond donors (Lipinski definition) is 2. The third-order valence-corrected chi connectivity index (χ3v) is 9.07. The van der Waals surface area contributed by atoms with E-state index in [4.69, 9.17) is 14.3 Å². The third-order valence-electron chi connectivity index (χ3n) is 7.37. The zero-order chi connectivity index (χ0) is 36.5. The van der Waals surface area contributed by atoms with Crippen LogP contribution < -0.4 is 10.2 Å². The smallest absolute Gasteiger partial charge is 0.433 e. The van der Waals surface area contributed by atoms with Gasteiger partial charge in [0.15, 0.2) is 9.92 Å². The first-order valence-corrected chi connectivity index (χ1v) is 17.2. The van der Waals surface area contributed by atoms with Gasteiger partial charge in [-0.05, 0) is 78.6 Å². The average molecular weight is 704 g/mol. The van der Waals surface area contributed by atoms with Gasteiger partial charge in [0.1, 0.15) is 17.0 Å². The molecule has 16 heteroatoms. The van der Waals surface area contributed by atoms with E-state index in [1.54, 1.807) is 83.7 Å². The topological polar surface area (TPSA) is 160 Å².